The van der Waals surface area contributed by atoms with Crippen LogP contribution in [0.4, 0.5) is 0 Å². The normalized spacial score (nSPS) is 10.6. The summed E-state index contributed by atoms with van der Waals surface area (Å²) in [6, 6.07) is 8.49. The van der Waals surface area contributed by atoms with Crippen molar-refractivity contribution in [1.82, 2.24) is 4.98 Å². The maximum atomic E-state index is 5.50. The highest BCUT2D eigenvalue weighted by atomic mass is 32.1. The van der Waals surface area contributed by atoms with Crippen molar-refractivity contribution in [3.63, 3.8) is 0 Å². The van der Waals surface area contributed by atoms with Crippen molar-refractivity contribution in [1.29, 1.82) is 0 Å². The van der Waals surface area contributed by atoms with Crippen molar-refractivity contribution in [3.05, 3.63) is 40.9 Å². The smallest absolute Gasteiger partial charge is 0.123 e. The number of nitrogens with zero attached hydrogens (tertiary/aromatic N) is 1. The van der Waals surface area contributed by atoms with Crippen LogP contribution >= 0.6 is 11.3 Å². The van der Waals surface area contributed by atoms with Gasteiger partial charge in [-0.05, 0) is 26.3 Å². The zero-order chi connectivity index (χ0) is 11.4. The molecular formula is C13H16N2S. The molecule has 0 saturated heterocycles. The summed E-state index contributed by atoms with van der Waals surface area (Å²) in [5.74, 6) is 0. The van der Waals surface area contributed by atoms with E-state index in [0.717, 1.165) is 24.4 Å². The van der Waals surface area contributed by atoms with Gasteiger partial charge in [0.1, 0.15) is 5.01 Å². The fourth-order valence-corrected chi connectivity index (χ4v) is 2.49. The molecule has 0 atom stereocenters. The molecule has 2 aromatic rings. The minimum atomic E-state index is 0.748. The van der Waals surface area contributed by atoms with Crippen LogP contribution in [0.25, 0.3) is 10.6 Å². The summed E-state index contributed by atoms with van der Waals surface area (Å²) < 4.78 is 0. The van der Waals surface area contributed by atoms with E-state index in [2.05, 4.69) is 36.2 Å². The van der Waals surface area contributed by atoms with Gasteiger partial charge in [0.15, 0.2) is 0 Å². The van der Waals surface area contributed by atoms with Gasteiger partial charge in [0.05, 0.1) is 0 Å². The summed E-state index contributed by atoms with van der Waals surface area (Å²) in [4.78, 5) is 5.77. The van der Waals surface area contributed by atoms with Crippen LogP contribution in [0.15, 0.2) is 30.5 Å². The van der Waals surface area contributed by atoms with Crippen LogP contribution in [0.3, 0.4) is 0 Å². The second-order valence-electron chi connectivity index (χ2n) is 3.89. The van der Waals surface area contributed by atoms with Gasteiger partial charge in [-0.15, -0.1) is 11.3 Å². The molecule has 2 nitrogen and oxygen atoms in total. The molecule has 2 rings (SSSR count). The van der Waals surface area contributed by atoms with Gasteiger partial charge in [-0.1, -0.05) is 29.8 Å². The van der Waals surface area contributed by atoms with Crippen molar-refractivity contribution >= 4 is 11.3 Å². The van der Waals surface area contributed by atoms with Crippen molar-refractivity contribution in [2.75, 3.05) is 6.54 Å². The Morgan fingerprint density at radius 1 is 1.25 bits per heavy atom. The predicted molar refractivity (Wildman–Crippen MR) is 69.7 cm³/mol. The molecule has 0 spiro atoms. The third-order valence-electron chi connectivity index (χ3n) is 2.48. The van der Waals surface area contributed by atoms with Crippen LogP contribution in [0, 0.1) is 6.92 Å². The Morgan fingerprint density at radius 3 is 2.69 bits per heavy atom. The van der Waals surface area contributed by atoms with Gasteiger partial charge < -0.3 is 5.73 Å². The highest BCUT2D eigenvalue weighted by Gasteiger charge is 2.03. The lowest BCUT2D eigenvalue weighted by Crippen LogP contribution is -1.99. The van der Waals surface area contributed by atoms with Gasteiger partial charge in [0.2, 0.25) is 0 Å². The van der Waals surface area contributed by atoms with Crippen molar-refractivity contribution in [2.45, 2.75) is 19.8 Å². The minimum absolute atomic E-state index is 0.748. The standard InChI is InChI=1S/C13H16N2S/c1-10-4-6-11(7-5-10)13-15-9-12(16-13)3-2-8-14/h4-7,9H,2-3,8,14H2,1H3. The Hall–Kier alpha value is -1.19. The van der Waals surface area contributed by atoms with E-state index in [0.29, 0.717) is 0 Å². The second kappa shape index (κ2) is 5.23. The molecule has 0 aliphatic carbocycles. The number of benzene rings is 1. The third-order valence-corrected chi connectivity index (χ3v) is 3.59. The Kier molecular flexibility index (Phi) is 3.70. The first kappa shape index (κ1) is 11.3. The Labute approximate surface area is 100 Å². The fourth-order valence-electron chi connectivity index (χ4n) is 1.53. The number of thiazole rings is 1. The quantitative estimate of drug-likeness (QED) is 0.880. The number of aromatic nitrogens is 1. The summed E-state index contributed by atoms with van der Waals surface area (Å²) >= 11 is 1.77. The summed E-state index contributed by atoms with van der Waals surface area (Å²) in [6.45, 7) is 2.84. The highest BCUT2D eigenvalue weighted by molar-refractivity contribution is 7.15. The van der Waals surface area contributed by atoms with Gasteiger partial charge in [-0.2, -0.15) is 0 Å². The highest BCUT2D eigenvalue weighted by Crippen LogP contribution is 2.25. The molecule has 0 aliphatic rings. The number of hydrogen-bond acceptors (Lipinski definition) is 3. The van der Waals surface area contributed by atoms with E-state index in [9.17, 15) is 0 Å². The second-order valence-corrected chi connectivity index (χ2v) is 5.01. The molecule has 1 aromatic heterocycles. The van der Waals surface area contributed by atoms with E-state index in [4.69, 9.17) is 5.73 Å². The van der Waals surface area contributed by atoms with E-state index in [-0.39, 0.29) is 0 Å². The summed E-state index contributed by atoms with van der Waals surface area (Å²) in [7, 11) is 0. The van der Waals surface area contributed by atoms with Gasteiger partial charge in [-0.3, -0.25) is 0 Å². The maximum Gasteiger partial charge on any atom is 0.123 e. The maximum absolute atomic E-state index is 5.50. The zero-order valence-corrected chi connectivity index (χ0v) is 10.3. The van der Waals surface area contributed by atoms with E-state index in [1.54, 1.807) is 11.3 Å². The molecular weight excluding hydrogens is 216 g/mol. The van der Waals surface area contributed by atoms with Crippen molar-refractivity contribution < 1.29 is 0 Å². The molecule has 0 radical (unpaired) electrons. The molecule has 0 bridgehead atoms. The largest absolute Gasteiger partial charge is 0.330 e. The molecule has 84 valence electrons. The van der Waals surface area contributed by atoms with Crippen molar-refractivity contribution in [3.8, 4) is 10.6 Å². The van der Waals surface area contributed by atoms with Crippen LogP contribution in [0.1, 0.15) is 16.9 Å². The molecule has 0 aliphatic heterocycles. The van der Waals surface area contributed by atoms with Crippen LogP contribution in [-0.4, -0.2) is 11.5 Å². The lowest BCUT2D eigenvalue weighted by Gasteiger charge is -1.96. The Balaban J connectivity index is 2.15. The first-order chi connectivity index (χ1) is 7.79. The average Bonchev–Trinajstić information content (AvgIpc) is 2.76. The predicted octanol–water partition coefficient (Wildman–Crippen LogP) is 3.01. The average molecular weight is 232 g/mol. The van der Waals surface area contributed by atoms with Gasteiger partial charge >= 0.3 is 0 Å². The van der Waals surface area contributed by atoms with Gasteiger partial charge in [0.25, 0.3) is 0 Å². The fraction of sp³-hybridized carbons (Fsp3) is 0.308. The molecule has 0 fully saturated rings. The Morgan fingerprint density at radius 2 is 2.00 bits per heavy atom. The minimum Gasteiger partial charge on any atom is -0.330 e. The summed E-state index contributed by atoms with van der Waals surface area (Å²) in [5.41, 5.74) is 7.98. The first-order valence-corrected chi connectivity index (χ1v) is 6.33. The molecule has 0 unspecified atom stereocenters. The zero-order valence-electron chi connectivity index (χ0n) is 9.44. The topological polar surface area (TPSA) is 38.9 Å². The SMILES string of the molecule is Cc1ccc(-c2ncc(CCCN)s2)cc1. The molecule has 1 heterocycles. The summed E-state index contributed by atoms with van der Waals surface area (Å²) in [5, 5.41) is 1.10. The molecule has 16 heavy (non-hydrogen) atoms. The van der Waals surface area contributed by atoms with E-state index in [1.165, 1.54) is 16.0 Å². The monoisotopic (exact) mass is 232 g/mol. The van der Waals surface area contributed by atoms with Crippen LogP contribution in [0.2, 0.25) is 0 Å². The molecule has 2 N–H and O–H groups in total. The van der Waals surface area contributed by atoms with Crippen LogP contribution < -0.4 is 5.73 Å². The van der Waals surface area contributed by atoms with E-state index in [1.807, 2.05) is 6.20 Å². The number of nitrogens with two attached hydrogens (primary N) is 1. The van der Waals surface area contributed by atoms with Crippen molar-refractivity contribution in [2.24, 2.45) is 5.73 Å². The Bertz CT molecular complexity index is 445. The van der Waals surface area contributed by atoms with E-state index >= 15 is 0 Å². The van der Waals surface area contributed by atoms with Crippen LogP contribution in [0.5, 0.6) is 0 Å². The molecule has 1 aromatic carbocycles. The van der Waals surface area contributed by atoms with Crippen LogP contribution in [-0.2, 0) is 6.42 Å². The lowest BCUT2D eigenvalue weighted by atomic mass is 10.2. The third kappa shape index (κ3) is 2.68. The number of rotatable bonds is 4. The molecule has 0 amide bonds. The summed E-state index contributed by atoms with van der Waals surface area (Å²) in [6.07, 6.45) is 4.05. The number of aryl methyl sites for hydroxylation is 2. The van der Waals surface area contributed by atoms with Gasteiger partial charge in [-0.25, -0.2) is 4.98 Å². The number of hydrogen-bond donors (Lipinski definition) is 1. The molecule has 0 saturated carbocycles. The van der Waals surface area contributed by atoms with E-state index < -0.39 is 0 Å². The molecule has 3 heteroatoms. The first-order valence-electron chi connectivity index (χ1n) is 5.51. The van der Waals surface area contributed by atoms with Gasteiger partial charge in [0, 0.05) is 16.6 Å². The lowest BCUT2D eigenvalue weighted by molar-refractivity contribution is 0.841.